The molecule has 0 aliphatic rings. The molecule has 0 bridgehead atoms. The molecule has 3 aromatic heterocycles. The van der Waals surface area contributed by atoms with E-state index in [1.807, 2.05) is 6.07 Å². The van der Waals surface area contributed by atoms with Gasteiger partial charge in [-0.05, 0) is 11.6 Å². The summed E-state index contributed by atoms with van der Waals surface area (Å²) in [4.78, 5) is 25.0. The maximum Gasteiger partial charge on any atom is 0.278 e. The van der Waals surface area contributed by atoms with Crippen LogP contribution in [0.25, 0.3) is 11.2 Å². The van der Waals surface area contributed by atoms with Gasteiger partial charge in [0.15, 0.2) is 11.2 Å². The summed E-state index contributed by atoms with van der Waals surface area (Å²) in [7, 11) is 0. The minimum atomic E-state index is -0.321. The lowest BCUT2D eigenvalue weighted by molar-refractivity contribution is 0.564. The van der Waals surface area contributed by atoms with Crippen LogP contribution in [0, 0.1) is 0 Å². The van der Waals surface area contributed by atoms with Crippen LogP contribution in [0.1, 0.15) is 11.4 Å². The van der Waals surface area contributed by atoms with Gasteiger partial charge in [0.1, 0.15) is 5.82 Å². The van der Waals surface area contributed by atoms with Crippen LogP contribution in [-0.4, -0.2) is 19.9 Å². The van der Waals surface area contributed by atoms with E-state index in [0.29, 0.717) is 23.4 Å². The second-order valence-electron chi connectivity index (χ2n) is 3.64. The highest BCUT2D eigenvalue weighted by Crippen LogP contribution is 2.10. The zero-order valence-electron chi connectivity index (χ0n) is 8.73. The Morgan fingerprint density at radius 2 is 2.24 bits per heavy atom. The average Bonchev–Trinajstić information content (AvgIpc) is 2.87. The van der Waals surface area contributed by atoms with Gasteiger partial charge in [-0.25, -0.2) is 4.98 Å². The molecule has 0 aliphatic carbocycles. The van der Waals surface area contributed by atoms with Gasteiger partial charge in [0, 0.05) is 6.42 Å². The third-order valence-electron chi connectivity index (χ3n) is 2.38. The second kappa shape index (κ2) is 3.48. The van der Waals surface area contributed by atoms with Crippen molar-refractivity contribution in [1.29, 1.82) is 0 Å². The van der Waals surface area contributed by atoms with Gasteiger partial charge in [-0.3, -0.25) is 9.78 Å². The van der Waals surface area contributed by atoms with Crippen molar-refractivity contribution < 1.29 is 4.42 Å². The molecule has 7 heteroatoms. The summed E-state index contributed by atoms with van der Waals surface area (Å²) in [6, 6.07) is 1.83. The van der Waals surface area contributed by atoms with Crippen LogP contribution in [0.2, 0.25) is 0 Å². The van der Waals surface area contributed by atoms with Crippen molar-refractivity contribution in [3.8, 4) is 0 Å². The minimum absolute atomic E-state index is 0.0591. The zero-order chi connectivity index (χ0) is 11.8. The van der Waals surface area contributed by atoms with Gasteiger partial charge in [0.25, 0.3) is 5.56 Å². The number of nitrogens with one attached hydrogen (secondary N) is 2. The van der Waals surface area contributed by atoms with Gasteiger partial charge >= 0.3 is 0 Å². The van der Waals surface area contributed by atoms with Crippen molar-refractivity contribution in [3.63, 3.8) is 0 Å². The normalized spacial score (nSPS) is 11.1. The summed E-state index contributed by atoms with van der Waals surface area (Å²) in [6.45, 7) is 0. The number of fused-ring (bicyclic) bond motifs is 1. The van der Waals surface area contributed by atoms with Crippen molar-refractivity contribution in [2.75, 3.05) is 5.73 Å². The Balaban J connectivity index is 2.08. The molecule has 0 unspecified atom stereocenters. The summed E-state index contributed by atoms with van der Waals surface area (Å²) in [5.74, 6) is 0.703. The number of hydrogen-bond acceptors (Lipinski definition) is 5. The van der Waals surface area contributed by atoms with E-state index in [1.54, 1.807) is 12.5 Å². The van der Waals surface area contributed by atoms with E-state index in [0.717, 1.165) is 5.56 Å². The smallest absolute Gasteiger partial charge is 0.278 e. The summed E-state index contributed by atoms with van der Waals surface area (Å²) < 4.78 is 4.96. The number of aromatic amines is 2. The minimum Gasteiger partial charge on any atom is -0.472 e. The Hall–Kier alpha value is -2.57. The number of hydrogen-bond donors (Lipinski definition) is 3. The monoisotopic (exact) mass is 231 g/mol. The Morgan fingerprint density at radius 1 is 1.35 bits per heavy atom. The molecule has 0 saturated carbocycles. The molecule has 0 aliphatic heterocycles. The number of imidazole rings is 1. The predicted molar refractivity (Wildman–Crippen MR) is 60.4 cm³/mol. The van der Waals surface area contributed by atoms with E-state index in [2.05, 4.69) is 19.9 Å². The molecule has 3 rings (SSSR count). The van der Waals surface area contributed by atoms with Crippen LogP contribution in [0.4, 0.5) is 5.95 Å². The van der Waals surface area contributed by atoms with E-state index in [9.17, 15) is 4.79 Å². The molecule has 0 saturated heterocycles. The highest BCUT2D eigenvalue weighted by atomic mass is 16.3. The first-order chi connectivity index (χ1) is 8.22. The SMILES string of the molecule is Nc1nc2nc(Cc3ccoc3)[nH]c2c(=O)[nH]1. The molecule has 0 radical (unpaired) electrons. The third-order valence-corrected chi connectivity index (χ3v) is 2.38. The van der Waals surface area contributed by atoms with Crippen LogP contribution in [0.5, 0.6) is 0 Å². The highest BCUT2D eigenvalue weighted by Gasteiger charge is 2.09. The number of nitrogens with two attached hydrogens (primary N) is 1. The first-order valence-electron chi connectivity index (χ1n) is 4.98. The van der Waals surface area contributed by atoms with Gasteiger partial charge in [-0.1, -0.05) is 0 Å². The van der Waals surface area contributed by atoms with Crippen molar-refractivity contribution in [2.24, 2.45) is 0 Å². The number of nitrogens with zero attached hydrogens (tertiary/aromatic N) is 2. The quantitative estimate of drug-likeness (QED) is 0.591. The van der Waals surface area contributed by atoms with E-state index in [1.165, 1.54) is 0 Å². The van der Waals surface area contributed by atoms with Gasteiger partial charge in [0.05, 0.1) is 12.5 Å². The molecule has 0 aromatic carbocycles. The lowest BCUT2D eigenvalue weighted by Crippen LogP contribution is -2.10. The molecule has 0 fully saturated rings. The van der Waals surface area contributed by atoms with Gasteiger partial charge in [0.2, 0.25) is 5.95 Å². The van der Waals surface area contributed by atoms with Crippen molar-refractivity contribution in [3.05, 3.63) is 40.3 Å². The maximum atomic E-state index is 11.5. The van der Waals surface area contributed by atoms with Gasteiger partial charge in [-0.2, -0.15) is 4.98 Å². The van der Waals surface area contributed by atoms with E-state index >= 15 is 0 Å². The van der Waals surface area contributed by atoms with Crippen LogP contribution in [0.15, 0.2) is 27.8 Å². The topological polar surface area (TPSA) is 114 Å². The van der Waals surface area contributed by atoms with Crippen molar-refractivity contribution >= 4 is 17.1 Å². The number of H-pyrrole nitrogens is 2. The van der Waals surface area contributed by atoms with Crippen LogP contribution >= 0.6 is 0 Å². The summed E-state index contributed by atoms with van der Waals surface area (Å²) >= 11 is 0. The number of furan rings is 1. The fraction of sp³-hybridized carbons (Fsp3) is 0.100. The lowest BCUT2D eigenvalue weighted by Gasteiger charge is -1.89. The Kier molecular flexibility index (Phi) is 1.97. The van der Waals surface area contributed by atoms with E-state index in [4.69, 9.17) is 10.2 Å². The number of aromatic nitrogens is 4. The lowest BCUT2D eigenvalue weighted by atomic mass is 10.2. The molecule has 0 amide bonds. The van der Waals surface area contributed by atoms with Crippen LogP contribution in [0.3, 0.4) is 0 Å². The molecule has 3 aromatic rings. The summed E-state index contributed by atoms with van der Waals surface area (Å²) in [5.41, 5.74) is 6.73. The summed E-state index contributed by atoms with van der Waals surface area (Å²) in [6.07, 6.45) is 3.76. The Labute approximate surface area is 94.7 Å². The van der Waals surface area contributed by atoms with Crippen LogP contribution in [-0.2, 0) is 6.42 Å². The Bertz CT molecular complexity index is 710. The second-order valence-corrected chi connectivity index (χ2v) is 3.64. The molecule has 3 heterocycles. The predicted octanol–water partition coefficient (Wildman–Crippen LogP) is 0.412. The maximum absolute atomic E-state index is 11.5. The molecular formula is C10H9N5O2. The molecule has 0 atom stereocenters. The highest BCUT2D eigenvalue weighted by molar-refractivity contribution is 5.70. The number of anilines is 1. The fourth-order valence-corrected chi connectivity index (χ4v) is 1.64. The largest absolute Gasteiger partial charge is 0.472 e. The first kappa shape index (κ1) is 9.64. The van der Waals surface area contributed by atoms with Crippen LogP contribution < -0.4 is 11.3 Å². The standard InChI is InChI=1S/C10H9N5O2/c11-10-14-8-7(9(16)15-10)12-6(13-8)3-5-1-2-17-4-5/h1-2,4H,3H2,(H4,11,12,13,14,15,16). The number of rotatable bonds is 2. The molecule has 86 valence electrons. The molecular weight excluding hydrogens is 222 g/mol. The average molecular weight is 231 g/mol. The van der Waals surface area contributed by atoms with Gasteiger partial charge in [-0.15, -0.1) is 0 Å². The zero-order valence-corrected chi connectivity index (χ0v) is 8.73. The Morgan fingerprint density at radius 3 is 3.00 bits per heavy atom. The van der Waals surface area contributed by atoms with Crippen molar-refractivity contribution in [1.82, 2.24) is 19.9 Å². The number of nitrogen functional groups attached to an aromatic ring is 1. The van der Waals surface area contributed by atoms with Gasteiger partial charge < -0.3 is 15.1 Å². The van der Waals surface area contributed by atoms with E-state index in [-0.39, 0.29) is 11.5 Å². The van der Waals surface area contributed by atoms with E-state index < -0.39 is 0 Å². The molecule has 0 spiro atoms. The summed E-state index contributed by atoms with van der Waals surface area (Å²) in [5, 5.41) is 0. The molecule has 17 heavy (non-hydrogen) atoms. The fourth-order valence-electron chi connectivity index (χ4n) is 1.64. The first-order valence-corrected chi connectivity index (χ1v) is 4.98. The molecule has 7 nitrogen and oxygen atoms in total. The van der Waals surface area contributed by atoms with Crippen molar-refractivity contribution in [2.45, 2.75) is 6.42 Å². The third kappa shape index (κ3) is 1.67. The molecule has 4 N–H and O–H groups in total.